The first-order valence-electron chi connectivity index (χ1n) is 6.55. The molecular formula is C14H11N2NaO6S2. The van der Waals surface area contributed by atoms with Crippen LogP contribution in [-0.2, 0) is 20.0 Å². The zero-order valence-corrected chi connectivity index (χ0v) is 13.5. The van der Waals surface area contributed by atoms with Crippen molar-refractivity contribution in [3.8, 4) is 0 Å². The van der Waals surface area contributed by atoms with E-state index < -0.39 is 31.9 Å². The van der Waals surface area contributed by atoms with Crippen LogP contribution in [-0.4, -0.2) is 58.2 Å². The van der Waals surface area contributed by atoms with Gasteiger partial charge in [0.1, 0.15) is 9.79 Å². The molecule has 0 saturated heterocycles. The second-order valence-electron chi connectivity index (χ2n) is 4.86. The molecule has 2 heterocycles. The Kier molecular flexibility index (Phi) is 5.40. The van der Waals surface area contributed by atoms with Crippen molar-refractivity contribution in [1.29, 1.82) is 0 Å². The van der Waals surface area contributed by atoms with E-state index in [2.05, 4.69) is 0 Å². The van der Waals surface area contributed by atoms with Gasteiger partial charge in [-0.25, -0.2) is 26.3 Å². The van der Waals surface area contributed by atoms with E-state index in [-0.39, 0.29) is 50.5 Å². The molecule has 2 N–H and O–H groups in total. The number of rotatable bonds is 0. The number of sulfonamides is 2. The van der Waals surface area contributed by atoms with Gasteiger partial charge in [0.15, 0.2) is 0 Å². The fourth-order valence-corrected chi connectivity index (χ4v) is 4.59. The topological polar surface area (TPSA) is 126 Å². The van der Waals surface area contributed by atoms with E-state index in [1.165, 1.54) is 24.3 Å². The van der Waals surface area contributed by atoms with E-state index in [0.29, 0.717) is 0 Å². The normalized spacial score (nSPS) is 17.8. The van der Waals surface area contributed by atoms with Gasteiger partial charge in [-0.3, -0.25) is 9.59 Å². The van der Waals surface area contributed by atoms with Gasteiger partial charge >= 0.3 is 29.6 Å². The van der Waals surface area contributed by atoms with Crippen molar-refractivity contribution in [3.05, 3.63) is 59.7 Å². The van der Waals surface area contributed by atoms with E-state index in [4.69, 9.17) is 0 Å². The molecule has 25 heavy (non-hydrogen) atoms. The molecule has 0 fully saturated rings. The van der Waals surface area contributed by atoms with Crippen LogP contribution >= 0.6 is 0 Å². The van der Waals surface area contributed by atoms with E-state index in [1.54, 1.807) is 24.3 Å². The van der Waals surface area contributed by atoms with Crippen LogP contribution in [0.4, 0.5) is 0 Å². The average Bonchev–Trinajstić information content (AvgIpc) is 2.91. The van der Waals surface area contributed by atoms with Crippen LogP contribution in [0, 0.1) is 0 Å². The van der Waals surface area contributed by atoms with Gasteiger partial charge in [-0.15, -0.1) is 0 Å². The molecule has 0 bridgehead atoms. The minimum atomic E-state index is -3.55. The molecule has 2 amide bonds. The van der Waals surface area contributed by atoms with Crippen LogP contribution in [0.2, 0.25) is 0 Å². The molecule has 2 aromatic rings. The zero-order chi connectivity index (χ0) is 17.5. The molecule has 126 valence electrons. The summed E-state index contributed by atoms with van der Waals surface area (Å²) in [6.45, 7) is 0. The number of hydrogen-bond donors (Lipinski definition) is 2. The van der Waals surface area contributed by atoms with Gasteiger partial charge in [0.2, 0.25) is 0 Å². The van der Waals surface area contributed by atoms with Crippen molar-refractivity contribution in [2.24, 2.45) is 0 Å². The molecule has 11 heteroatoms. The molecule has 2 aliphatic rings. The molecule has 0 radical (unpaired) electrons. The quantitative estimate of drug-likeness (QED) is 0.589. The van der Waals surface area contributed by atoms with Gasteiger partial charge in [-0.1, -0.05) is 24.3 Å². The number of carbonyl (C=O) groups excluding carboxylic acids is 2. The first-order chi connectivity index (χ1) is 11.2. The standard InChI is InChI=1S/2C7H5NO3S.Na.H/c2*9-7-5-3-1-2-4-6(5)12(10,11)8-7;;/h2*1-4H,(H,8,9);;. The van der Waals surface area contributed by atoms with Crippen LogP contribution in [0.3, 0.4) is 0 Å². The summed E-state index contributed by atoms with van der Waals surface area (Å²) in [5.41, 5.74) is 0.440. The van der Waals surface area contributed by atoms with Gasteiger partial charge in [0.25, 0.3) is 31.9 Å². The predicted molar refractivity (Wildman–Crippen MR) is 89.3 cm³/mol. The molecule has 0 saturated carbocycles. The molecule has 2 aliphatic heterocycles. The number of nitrogens with one attached hydrogen (secondary N) is 2. The average molecular weight is 390 g/mol. The number of benzene rings is 2. The van der Waals surface area contributed by atoms with Gasteiger partial charge in [-0.2, -0.15) is 0 Å². The summed E-state index contributed by atoms with van der Waals surface area (Å²) in [5, 5.41) is 0. The van der Waals surface area contributed by atoms with Crippen molar-refractivity contribution < 1.29 is 26.4 Å². The monoisotopic (exact) mass is 390 g/mol. The van der Waals surface area contributed by atoms with Crippen molar-refractivity contribution >= 4 is 61.4 Å². The third-order valence-electron chi connectivity index (χ3n) is 3.30. The van der Waals surface area contributed by atoms with Crippen LogP contribution in [0.1, 0.15) is 20.7 Å². The van der Waals surface area contributed by atoms with Crippen LogP contribution in [0.15, 0.2) is 58.3 Å². The van der Waals surface area contributed by atoms with E-state index in [1.807, 2.05) is 9.44 Å². The Morgan fingerprint density at radius 1 is 0.600 bits per heavy atom. The molecule has 0 unspecified atom stereocenters. The Labute approximate surface area is 166 Å². The minimum absolute atomic E-state index is 0. The zero-order valence-electron chi connectivity index (χ0n) is 11.9. The summed E-state index contributed by atoms with van der Waals surface area (Å²) in [7, 11) is -7.11. The van der Waals surface area contributed by atoms with Crippen LogP contribution in [0.25, 0.3) is 0 Å². The Morgan fingerprint density at radius 3 is 1.24 bits per heavy atom. The van der Waals surface area contributed by atoms with Crippen molar-refractivity contribution in [2.75, 3.05) is 0 Å². The summed E-state index contributed by atoms with van der Waals surface area (Å²) in [5.74, 6) is -1.10. The van der Waals surface area contributed by atoms with Crippen molar-refractivity contribution in [1.82, 2.24) is 9.44 Å². The Morgan fingerprint density at radius 2 is 0.920 bits per heavy atom. The van der Waals surface area contributed by atoms with Gasteiger partial charge in [0.05, 0.1) is 11.1 Å². The fraction of sp³-hybridized carbons (Fsp3) is 0. The summed E-state index contributed by atoms with van der Waals surface area (Å²) in [6.07, 6.45) is 0. The maximum absolute atomic E-state index is 11.1. The third kappa shape index (κ3) is 3.62. The van der Waals surface area contributed by atoms with Crippen LogP contribution < -0.4 is 9.44 Å². The van der Waals surface area contributed by atoms with Crippen molar-refractivity contribution in [3.63, 3.8) is 0 Å². The van der Waals surface area contributed by atoms with Gasteiger partial charge in [0, 0.05) is 0 Å². The summed E-state index contributed by atoms with van der Waals surface area (Å²) in [4.78, 5) is 22.1. The Balaban J connectivity index is 0.000000173. The fourth-order valence-electron chi connectivity index (χ4n) is 2.24. The number of fused-ring (bicyclic) bond motifs is 2. The molecule has 0 aliphatic carbocycles. The molecular weight excluding hydrogens is 379 g/mol. The number of hydrogen-bond acceptors (Lipinski definition) is 6. The second-order valence-corrected chi connectivity index (χ2v) is 8.16. The summed E-state index contributed by atoms with van der Waals surface area (Å²) in [6, 6.07) is 12.2. The first kappa shape index (κ1) is 19.6. The third-order valence-corrected chi connectivity index (χ3v) is 6.07. The molecule has 8 nitrogen and oxygen atoms in total. The predicted octanol–water partition coefficient (Wildman–Crippen LogP) is -0.411. The van der Waals surface area contributed by atoms with Crippen molar-refractivity contribution in [2.45, 2.75) is 9.79 Å². The van der Waals surface area contributed by atoms with Crippen LogP contribution in [0.5, 0.6) is 0 Å². The van der Waals surface area contributed by atoms with E-state index in [0.717, 1.165) is 0 Å². The summed E-state index contributed by atoms with van der Waals surface area (Å²) < 4.78 is 48.3. The SMILES string of the molecule is O=C1NS(=O)(=O)c2ccccc21.O=C1NS(=O)(=O)c2ccccc21.[NaH]. The maximum atomic E-state index is 11.1. The molecule has 2 aromatic carbocycles. The van der Waals surface area contributed by atoms with Gasteiger partial charge < -0.3 is 0 Å². The van der Waals surface area contributed by atoms with E-state index in [9.17, 15) is 26.4 Å². The number of amides is 2. The number of carbonyl (C=O) groups is 2. The van der Waals surface area contributed by atoms with Gasteiger partial charge in [-0.05, 0) is 24.3 Å². The molecule has 4 rings (SSSR count). The first-order valence-corrected chi connectivity index (χ1v) is 9.51. The molecule has 0 atom stereocenters. The Bertz CT molecular complexity index is 993. The Hall–Kier alpha value is -1.72. The molecule has 0 spiro atoms. The van der Waals surface area contributed by atoms with E-state index >= 15 is 0 Å². The summed E-state index contributed by atoms with van der Waals surface area (Å²) >= 11 is 0. The molecule has 0 aromatic heterocycles. The second kappa shape index (κ2) is 6.89.